The Bertz CT molecular complexity index is 1380. The number of aromatic nitrogens is 2. The first-order chi connectivity index (χ1) is 19.3. The van der Waals surface area contributed by atoms with Gasteiger partial charge in [-0.05, 0) is 89.4 Å². The number of hydrogen-bond acceptors (Lipinski definition) is 6. The Hall–Kier alpha value is -3.26. The number of fused-ring (bicyclic) bond motifs is 1. The van der Waals surface area contributed by atoms with Crippen LogP contribution in [0.25, 0.3) is 11.3 Å². The van der Waals surface area contributed by atoms with Crippen LogP contribution < -0.4 is 14.5 Å². The topological polar surface area (TPSA) is 44.7 Å². The van der Waals surface area contributed by atoms with E-state index in [0.717, 1.165) is 73.4 Å². The van der Waals surface area contributed by atoms with Crippen LogP contribution in [0.1, 0.15) is 62.4 Å². The van der Waals surface area contributed by atoms with Gasteiger partial charge in [0.2, 0.25) is 0 Å². The number of anilines is 2. The van der Waals surface area contributed by atoms with Crippen LogP contribution >= 0.6 is 0 Å². The van der Waals surface area contributed by atoms with Crippen molar-refractivity contribution in [3.63, 3.8) is 0 Å². The zero-order valence-electron chi connectivity index (χ0n) is 24.0. The Kier molecular flexibility index (Phi) is 7.38. The molecule has 0 atom stereocenters. The molecule has 212 valence electrons. The molecular weight excluding hydrogens is 508 g/mol. The van der Waals surface area contributed by atoms with E-state index >= 15 is 8.78 Å². The second-order valence-corrected chi connectivity index (χ2v) is 12.0. The van der Waals surface area contributed by atoms with Crippen LogP contribution in [0.5, 0.6) is 5.75 Å². The molecule has 0 radical (unpaired) electrons. The maximum atomic E-state index is 15.2. The number of halogens is 2. The molecule has 2 aromatic carbocycles. The van der Waals surface area contributed by atoms with Crippen molar-refractivity contribution in [2.24, 2.45) is 0 Å². The lowest BCUT2D eigenvalue weighted by Gasteiger charge is -2.36. The highest BCUT2D eigenvalue weighted by atomic mass is 19.1. The standard InChI is InChI=1S/C32H39F2N5O/c1-20(2)39-13-14-40-32-25(22-6-7-22)17-23(18-29(32)39)31-27(34)19-35-30(36-31)16-21-5-8-28(26(33)15-21)38-11-9-24(10-12-38)37(3)4/h5,8,15,17-20,22,24H,6-7,9-14,16H2,1-4H3. The first kappa shape index (κ1) is 26.9. The van der Waals surface area contributed by atoms with Gasteiger partial charge in [-0.15, -0.1) is 0 Å². The summed E-state index contributed by atoms with van der Waals surface area (Å²) in [6, 6.07) is 10.3. The quantitative estimate of drug-likeness (QED) is 0.360. The molecule has 2 aliphatic heterocycles. The minimum absolute atomic E-state index is 0.235. The van der Waals surface area contributed by atoms with E-state index < -0.39 is 5.82 Å². The van der Waals surface area contributed by atoms with E-state index in [1.54, 1.807) is 6.07 Å². The third kappa shape index (κ3) is 5.38. The first-order valence-corrected chi connectivity index (χ1v) is 14.6. The fraction of sp³-hybridized carbons (Fsp3) is 0.500. The summed E-state index contributed by atoms with van der Waals surface area (Å²) in [5, 5.41) is 0. The summed E-state index contributed by atoms with van der Waals surface area (Å²) in [5.74, 6) is 1.15. The smallest absolute Gasteiger partial charge is 0.167 e. The van der Waals surface area contributed by atoms with Gasteiger partial charge in [0.15, 0.2) is 5.82 Å². The molecule has 6 rings (SSSR count). The zero-order valence-corrected chi connectivity index (χ0v) is 24.0. The van der Waals surface area contributed by atoms with Crippen molar-refractivity contribution in [2.45, 2.75) is 64.0 Å². The highest BCUT2D eigenvalue weighted by Gasteiger charge is 2.33. The summed E-state index contributed by atoms with van der Waals surface area (Å²) in [6.07, 6.45) is 5.85. The second kappa shape index (κ2) is 11.0. The van der Waals surface area contributed by atoms with Gasteiger partial charge in [0, 0.05) is 42.7 Å². The van der Waals surface area contributed by atoms with Crippen molar-refractivity contribution >= 4 is 11.4 Å². The molecule has 1 saturated carbocycles. The number of hydrogen-bond donors (Lipinski definition) is 0. The molecule has 40 heavy (non-hydrogen) atoms. The van der Waals surface area contributed by atoms with Crippen LogP contribution in [0, 0.1) is 11.6 Å². The fourth-order valence-electron chi connectivity index (χ4n) is 6.16. The summed E-state index contributed by atoms with van der Waals surface area (Å²) in [4.78, 5) is 15.6. The summed E-state index contributed by atoms with van der Waals surface area (Å²) in [7, 11) is 4.20. The maximum Gasteiger partial charge on any atom is 0.167 e. The van der Waals surface area contributed by atoms with Gasteiger partial charge >= 0.3 is 0 Å². The molecule has 3 aliphatic rings. The summed E-state index contributed by atoms with van der Waals surface area (Å²) in [5.41, 5.74) is 4.58. The van der Waals surface area contributed by atoms with E-state index in [1.807, 2.05) is 24.3 Å². The van der Waals surface area contributed by atoms with E-state index in [0.29, 0.717) is 42.5 Å². The number of benzene rings is 2. The Morgan fingerprint density at radius 3 is 2.42 bits per heavy atom. The number of rotatable bonds is 7. The van der Waals surface area contributed by atoms with Gasteiger partial charge in [-0.3, -0.25) is 0 Å². The van der Waals surface area contributed by atoms with Gasteiger partial charge in [-0.2, -0.15) is 0 Å². The molecule has 0 N–H and O–H groups in total. The normalized spacial score (nSPS) is 17.9. The molecule has 6 nitrogen and oxygen atoms in total. The molecule has 0 bridgehead atoms. The van der Waals surface area contributed by atoms with Crippen LogP contribution in [0.15, 0.2) is 36.5 Å². The highest BCUT2D eigenvalue weighted by molar-refractivity contribution is 5.75. The van der Waals surface area contributed by atoms with Gasteiger partial charge in [0.1, 0.15) is 29.7 Å². The van der Waals surface area contributed by atoms with Gasteiger partial charge < -0.3 is 19.4 Å². The van der Waals surface area contributed by atoms with Crippen molar-refractivity contribution in [3.8, 4) is 17.0 Å². The molecule has 1 saturated heterocycles. The molecule has 0 unspecified atom stereocenters. The lowest BCUT2D eigenvalue weighted by atomic mass is 9.99. The largest absolute Gasteiger partial charge is 0.489 e. The molecule has 0 amide bonds. The summed E-state index contributed by atoms with van der Waals surface area (Å²) < 4.78 is 36.5. The minimum Gasteiger partial charge on any atom is -0.489 e. The predicted octanol–water partition coefficient (Wildman–Crippen LogP) is 6.03. The second-order valence-electron chi connectivity index (χ2n) is 12.0. The maximum absolute atomic E-state index is 15.2. The third-order valence-electron chi connectivity index (χ3n) is 8.60. The summed E-state index contributed by atoms with van der Waals surface area (Å²) >= 11 is 0. The Morgan fingerprint density at radius 1 is 0.975 bits per heavy atom. The lowest BCUT2D eigenvalue weighted by Crippen LogP contribution is -2.42. The Morgan fingerprint density at radius 2 is 1.75 bits per heavy atom. The van der Waals surface area contributed by atoms with E-state index in [1.165, 1.54) is 6.20 Å². The van der Waals surface area contributed by atoms with Crippen LogP contribution in [-0.2, 0) is 6.42 Å². The molecule has 1 aliphatic carbocycles. The third-order valence-corrected chi connectivity index (χ3v) is 8.60. The van der Waals surface area contributed by atoms with Gasteiger partial charge in [0.05, 0.1) is 24.1 Å². The summed E-state index contributed by atoms with van der Waals surface area (Å²) in [6.45, 7) is 7.46. The average molecular weight is 548 g/mol. The van der Waals surface area contributed by atoms with Crippen molar-refractivity contribution < 1.29 is 13.5 Å². The highest BCUT2D eigenvalue weighted by Crippen LogP contribution is 2.50. The van der Waals surface area contributed by atoms with Crippen LogP contribution in [0.3, 0.4) is 0 Å². The van der Waals surface area contributed by atoms with E-state index in [-0.39, 0.29) is 11.5 Å². The van der Waals surface area contributed by atoms with Crippen molar-refractivity contribution in [1.82, 2.24) is 14.9 Å². The molecular formula is C32H39F2N5O. The fourth-order valence-corrected chi connectivity index (χ4v) is 6.16. The average Bonchev–Trinajstić information content (AvgIpc) is 3.79. The van der Waals surface area contributed by atoms with Crippen molar-refractivity contribution in [2.75, 3.05) is 50.1 Å². The van der Waals surface area contributed by atoms with Gasteiger partial charge in [-0.25, -0.2) is 18.7 Å². The van der Waals surface area contributed by atoms with Crippen LogP contribution in [0.2, 0.25) is 0 Å². The van der Waals surface area contributed by atoms with Crippen molar-refractivity contribution in [1.29, 1.82) is 0 Å². The van der Waals surface area contributed by atoms with Crippen molar-refractivity contribution in [3.05, 3.63) is 65.1 Å². The van der Waals surface area contributed by atoms with E-state index in [2.05, 4.69) is 52.6 Å². The van der Waals surface area contributed by atoms with Crippen LogP contribution in [-0.4, -0.2) is 67.3 Å². The van der Waals surface area contributed by atoms with Gasteiger partial charge in [-0.1, -0.05) is 6.07 Å². The molecule has 2 fully saturated rings. The molecule has 3 aromatic rings. The Balaban J connectivity index is 1.26. The number of nitrogens with zero attached hydrogens (tertiary/aromatic N) is 5. The SMILES string of the molecule is CC(C)N1CCOc2c(C3CC3)cc(-c3nc(Cc4ccc(N5CCC(N(C)C)CC5)c(F)c4)ncc3F)cc21. The molecule has 1 aromatic heterocycles. The molecule has 0 spiro atoms. The van der Waals surface area contributed by atoms with E-state index in [4.69, 9.17) is 4.74 Å². The van der Waals surface area contributed by atoms with Gasteiger partial charge in [0.25, 0.3) is 0 Å². The number of piperidine rings is 1. The van der Waals surface area contributed by atoms with Crippen LogP contribution in [0.4, 0.5) is 20.2 Å². The van der Waals surface area contributed by atoms with E-state index in [9.17, 15) is 0 Å². The number of ether oxygens (including phenoxy) is 1. The monoisotopic (exact) mass is 547 g/mol. The predicted molar refractivity (Wildman–Crippen MR) is 156 cm³/mol. The molecule has 8 heteroatoms. The zero-order chi connectivity index (χ0) is 28.0. The first-order valence-electron chi connectivity index (χ1n) is 14.6. The molecule has 3 heterocycles. The lowest BCUT2D eigenvalue weighted by molar-refractivity contribution is 0.249. The minimum atomic E-state index is -0.457. The Labute approximate surface area is 236 Å².